The first-order valence-corrected chi connectivity index (χ1v) is 10.8. The smallest absolute Gasteiger partial charge is 0.267 e. The monoisotopic (exact) mass is 438 g/mol. The molecule has 1 N–H and O–H groups in total. The summed E-state index contributed by atoms with van der Waals surface area (Å²) < 4.78 is 1.32. The minimum absolute atomic E-state index is 0.0689. The van der Waals surface area contributed by atoms with Gasteiger partial charge in [0.15, 0.2) is 5.69 Å². The van der Waals surface area contributed by atoms with Crippen molar-refractivity contribution in [2.75, 3.05) is 0 Å². The third kappa shape index (κ3) is 5.06. The normalized spacial score (nSPS) is 11.7. The molecule has 1 heterocycles. The van der Waals surface area contributed by atoms with Crippen LogP contribution in [0.3, 0.4) is 0 Å². The molecule has 0 fully saturated rings. The third-order valence-corrected chi connectivity index (χ3v) is 5.41. The first-order valence-electron chi connectivity index (χ1n) is 10.8. The van der Waals surface area contributed by atoms with E-state index in [2.05, 4.69) is 48.5 Å². The Morgan fingerprint density at radius 1 is 0.939 bits per heavy atom. The number of carbonyl (C=O) groups excluding carboxylic acids is 1. The van der Waals surface area contributed by atoms with Gasteiger partial charge in [0.05, 0.1) is 18.1 Å². The first kappa shape index (κ1) is 22.1. The second-order valence-corrected chi connectivity index (χ2v) is 8.91. The van der Waals surface area contributed by atoms with Crippen molar-refractivity contribution in [1.29, 1.82) is 0 Å². The van der Waals surface area contributed by atoms with Crippen molar-refractivity contribution in [3.63, 3.8) is 0 Å². The molecule has 0 aliphatic carbocycles. The summed E-state index contributed by atoms with van der Waals surface area (Å²) in [5.41, 5.74) is 5.54. The summed E-state index contributed by atoms with van der Waals surface area (Å²) in [5.74, 6) is -0.476. The zero-order chi connectivity index (χ0) is 23.4. The lowest BCUT2D eigenvalue weighted by atomic mass is 9.87. The molecule has 0 saturated carbocycles. The van der Waals surface area contributed by atoms with Crippen LogP contribution in [0.25, 0.3) is 10.8 Å². The zero-order valence-electron chi connectivity index (χ0n) is 18.9. The average Bonchev–Trinajstić information content (AvgIpc) is 2.81. The van der Waals surface area contributed by atoms with Gasteiger partial charge in [0.1, 0.15) is 0 Å². The summed E-state index contributed by atoms with van der Waals surface area (Å²) in [6, 6.07) is 24.6. The topological polar surface area (TPSA) is 76.3 Å². The van der Waals surface area contributed by atoms with E-state index >= 15 is 0 Å². The minimum Gasteiger partial charge on any atom is -0.267 e. The third-order valence-electron chi connectivity index (χ3n) is 5.41. The number of carbonyl (C=O) groups is 1. The second kappa shape index (κ2) is 9.20. The maximum absolute atomic E-state index is 12.9. The van der Waals surface area contributed by atoms with Crippen LogP contribution in [-0.2, 0) is 12.0 Å². The van der Waals surface area contributed by atoms with Crippen LogP contribution in [-0.4, -0.2) is 21.9 Å². The Hall–Kier alpha value is -4.06. The lowest BCUT2D eigenvalue weighted by molar-refractivity contribution is 0.0949. The van der Waals surface area contributed by atoms with Gasteiger partial charge >= 0.3 is 0 Å². The Bertz CT molecular complexity index is 1370. The Labute approximate surface area is 192 Å². The van der Waals surface area contributed by atoms with E-state index in [0.717, 1.165) is 11.1 Å². The number of hydrogen-bond acceptors (Lipinski definition) is 4. The number of amides is 1. The van der Waals surface area contributed by atoms with Crippen LogP contribution < -0.4 is 11.0 Å². The van der Waals surface area contributed by atoms with Gasteiger partial charge in [-0.15, -0.1) is 0 Å². The molecule has 4 aromatic rings. The maximum atomic E-state index is 12.9. The van der Waals surface area contributed by atoms with E-state index in [0.29, 0.717) is 10.8 Å². The molecule has 1 aromatic heterocycles. The first-order chi connectivity index (χ1) is 15.8. The van der Waals surface area contributed by atoms with Crippen molar-refractivity contribution in [2.45, 2.75) is 32.7 Å². The summed E-state index contributed by atoms with van der Waals surface area (Å²) in [7, 11) is 0. The van der Waals surface area contributed by atoms with E-state index < -0.39 is 5.91 Å². The van der Waals surface area contributed by atoms with E-state index in [9.17, 15) is 9.59 Å². The number of benzene rings is 3. The highest BCUT2D eigenvalue weighted by atomic mass is 16.2. The van der Waals surface area contributed by atoms with E-state index in [4.69, 9.17) is 0 Å². The lowest BCUT2D eigenvalue weighted by Crippen LogP contribution is -2.29. The lowest BCUT2D eigenvalue weighted by Gasteiger charge is -2.18. The van der Waals surface area contributed by atoms with Crippen molar-refractivity contribution in [3.8, 4) is 0 Å². The molecule has 166 valence electrons. The van der Waals surface area contributed by atoms with Crippen molar-refractivity contribution in [1.82, 2.24) is 15.2 Å². The number of hydrogen-bond donors (Lipinski definition) is 1. The van der Waals surface area contributed by atoms with Gasteiger partial charge in [-0.1, -0.05) is 93.6 Å². The highest BCUT2D eigenvalue weighted by molar-refractivity contribution is 6.04. The van der Waals surface area contributed by atoms with Crippen molar-refractivity contribution in [3.05, 3.63) is 112 Å². The molecule has 6 heteroatoms. The van der Waals surface area contributed by atoms with Crippen molar-refractivity contribution < 1.29 is 4.79 Å². The Morgan fingerprint density at radius 2 is 1.58 bits per heavy atom. The van der Waals surface area contributed by atoms with Crippen LogP contribution in [0.15, 0.2) is 88.8 Å². The van der Waals surface area contributed by atoms with Gasteiger partial charge in [-0.2, -0.15) is 10.2 Å². The SMILES string of the molecule is CC(C)(C)c1ccc(/C=N/NC(=O)c2nn(Cc3ccccc3)c(=O)c3ccccc23)cc1. The van der Waals surface area contributed by atoms with E-state index in [1.54, 1.807) is 30.5 Å². The highest BCUT2D eigenvalue weighted by Crippen LogP contribution is 2.21. The molecule has 0 aliphatic rings. The fourth-order valence-corrected chi connectivity index (χ4v) is 3.55. The van der Waals surface area contributed by atoms with Crippen LogP contribution in [0.4, 0.5) is 0 Å². The summed E-state index contributed by atoms with van der Waals surface area (Å²) in [5, 5.41) is 9.41. The maximum Gasteiger partial charge on any atom is 0.292 e. The quantitative estimate of drug-likeness (QED) is 0.368. The second-order valence-electron chi connectivity index (χ2n) is 8.91. The largest absolute Gasteiger partial charge is 0.292 e. The molecular weight excluding hydrogens is 412 g/mol. The molecule has 4 rings (SSSR count). The summed E-state index contributed by atoms with van der Waals surface area (Å²) in [6.45, 7) is 6.74. The Balaban J connectivity index is 1.60. The number of nitrogens with zero attached hydrogens (tertiary/aromatic N) is 3. The fraction of sp³-hybridized carbons (Fsp3) is 0.185. The predicted octanol–water partition coefficient (Wildman–Crippen LogP) is 4.51. The molecule has 6 nitrogen and oxygen atoms in total. The molecule has 0 aliphatic heterocycles. The predicted molar refractivity (Wildman–Crippen MR) is 132 cm³/mol. The minimum atomic E-state index is -0.476. The molecule has 1 amide bonds. The van der Waals surface area contributed by atoms with Crippen molar-refractivity contribution in [2.24, 2.45) is 5.10 Å². The average molecular weight is 439 g/mol. The van der Waals surface area contributed by atoms with Crippen molar-refractivity contribution >= 4 is 22.9 Å². The molecule has 3 aromatic carbocycles. The molecule has 0 radical (unpaired) electrons. The number of aromatic nitrogens is 2. The standard InChI is InChI=1S/C27H26N4O2/c1-27(2,3)21-15-13-19(14-16-21)17-28-29-25(32)24-22-11-7-8-12-23(22)26(33)31(30-24)18-20-9-5-4-6-10-20/h4-17H,18H2,1-3H3,(H,29,32)/b28-17+. The van der Waals surface area contributed by atoms with Gasteiger partial charge in [-0.05, 0) is 28.2 Å². The van der Waals surface area contributed by atoms with Gasteiger partial charge in [0.2, 0.25) is 0 Å². The van der Waals surface area contributed by atoms with Gasteiger partial charge in [0.25, 0.3) is 11.5 Å². The van der Waals surface area contributed by atoms with Crippen LogP contribution in [0.1, 0.15) is 48.0 Å². The summed E-state index contributed by atoms with van der Waals surface area (Å²) >= 11 is 0. The summed E-state index contributed by atoms with van der Waals surface area (Å²) in [6.07, 6.45) is 1.59. The fourth-order valence-electron chi connectivity index (χ4n) is 3.55. The number of nitrogens with one attached hydrogen (secondary N) is 1. The van der Waals surface area contributed by atoms with Gasteiger partial charge in [-0.3, -0.25) is 9.59 Å². The molecule has 0 bridgehead atoms. The van der Waals surface area contributed by atoms with Crippen LogP contribution >= 0.6 is 0 Å². The van der Waals surface area contributed by atoms with Gasteiger partial charge < -0.3 is 0 Å². The highest BCUT2D eigenvalue weighted by Gasteiger charge is 2.17. The Morgan fingerprint density at radius 3 is 2.24 bits per heavy atom. The number of fused-ring (bicyclic) bond motifs is 1. The zero-order valence-corrected chi connectivity index (χ0v) is 18.9. The van der Waals surface area contributed by atoms with Crippen LogP contribution in [0.2, 0.25) is 0 Å². The number of hydrazone groups is 1. The molecule has 0 unspecified atom stereocenters. The summed E-state index contributed by atoms with van der Waals surface area (Å²) in [4.78, 5) is 25.9. The molecule has 0 atom stereocenters. The van der Waals surface area contributed by atoms with E-state index in [1.165, 1.54) is 10.2 Å². The molecule has 33 heavy (non-hydrogen) atoms. The Kier molecular flexibility index (Phi) is 6.18. The van der Waals surface area contributed by atoms with Gasteiger partial charge in [-0.25, -0.2) is 10.1 Å². The number of rotatable bonds is 5. The molecule has 0 spiro atoms. The molecular formula is C27H26N4O2. The van der Waals surface area contributed by atoms with Gasteiger partial charge in [0, 0.05) is 5.39 Å². The van der Waals surface area contributed by atoms with Crippen LogP contribution in [0, 0.1) is 0 Å². The molecule has 0 saturated heterocycles. The van der Waals surface area contributed by atoms with E-state index in [1.807, 2.05) is 42.5 Å². The van der Waals surface area contributed by atoms with E-state index in [-0.39, 0.29) is 23.2 Å². The van der Waals surface area contributed by atoms with Crippen LogP contribution in [0.5, 0.6) is 0 Å².